The smallest absolute Gasteiger partial charge is 0.0104 e. The van der Waals surface area contributed by atoms with E-state index in [1.165, 1.54) is 101 Å². The van der Waals surface area contributed by atoms with Crippen LogP contribution in [0.3, 0.4) is 0 Å². The van der Waals surface area contributed by atoms with Crippen molar-refractivity contribution < 1.29 is 0 Å². The van der Waals surface area contributed by atoms with Gasteiger partial charge in [0, 0.05) is 0 Å². The summed E-state index contributed by atoms with van der Waals surface area (Å²) >= 11 is 0. The summed E-state index contributed by atoms with van der Waals surface area (Å²) < 4.78 is 0. The second-order valence-corrected chi connectivity index (χ2v) is 8.70. The average Bonchev–Trinajstić information content (AvgIpc) is 2.65. The Hall–Kier alpha value is -1.04. The first kappa shape index (κ1) is 23.0. The van der Waals surface area contributed by atoms with Crippen LogP contribution in [0.15, 0.2) is 30.8 Å². The monoisotopic (exact) mass is 356 g/mol. The molecule has 0 nitrogen and oxygen atoms in total. The lowest BCUT2D eigenvalue weighted by molar-refractivity contribution is 0.441. The van der Waals surface area contributed by atoms with E-state index in [4.69, 9.17) is 0 Å². The van der Waals surface area contributed by atoms with Crippen LogP contribution in [-0.2, 0) is 5.41 Å². The number of unbranched alkanes of at least 4 members (excludes halogenated alkanes) is 12. The molecule has 0 heteroatoms. The van der Waals surface area contributed by atoms with Crippen LogP contribution in [-0.4, -0.2) is 0 Å². The minimum atomic E-state index is 0.289. The minimum absolute atomic E-state index is 0.289. The summed E-state index contributed by atoms with van der Waals surface area (Å²) in [5.74, 6) is 0. The van der Waals surface area contributed by atoms with Crippen LogP contribution in [0.25, 0.3) is 6.08 Å². The molecule has 0 heterocycles. The molecule has 0 aromatic heterocycles. The fourth-order valence-corrected chi connectivity index (χ4v) is 3.80. The van der Waals surface area contributed by atoms with Gasteiger partial charge in [0.2, 0.25) is 0 Å². The Balaban J connectivity index is 2.00. The van der Waals surface area contributed by atoms with E-state index in [0.717, 1.165) is 0 Å². The summed E-state index contributed by atoms with van der Waals surface area (Å²) in [6.07, 6.45) is 21.8. The molecule has 0 atom stereocenters. The van der Waals surface area contributed by atoms with Crippen molar-refractivity contribution in [1.29, 1.82) is 0 Å². The van der Waals surface area contributed by atoms with Crippen LogP contribution < -0.4 is 0 Å². The Bertz CT molecular complexity index is 451. The van der Waals surface area contributed by atoms with Crippen LogP contribution in [0.5, 0.6) is 0 Å². The fraction of sp³-hybridized carbons (Fsp3) is 0.692. The van der Waals surface area contributed by atoms with Crippen molar-refractivity contribution in [1.82, 2.24) is 0 Å². The molecule has 0 unspecified atom stereocenters. The first-order valence-electron chi connectivity index (χ1n) is 11.3. The van der Waals surface area contributed by atoms with E-state index < -0.39 is 0 Å². The Morgan fingerprint density at radius 1 is 0.692 bits per heavy atom. The summed E-state index contributed by atoms with van der Waals surface area (Å²) in [4.78, 5) is 0. The summed E-state index contributed by atoms with van der Waals surface area (Å²) in [5, 5.41) is 0. The molecule has 0 saturated carbocycles. The third-order valence-corrected chi connectivity index (χ3v) is 5.83. The van der Waals surface area contributed by atoms with Crippen molar-refractivity contribution in [2.75, 3.05) is 0 Å². The number of benzene rings is 1. The zero-order chi connectivity index (χ0) is 19.1. The molecule has 26 heavy (non-hydrogen) atoms. The van der Waals surface area contributed by atoms with Gasteiger partial charge in [0.15, 0.2) is 0 Å². The highest BCUT2D eigenvalue weighted by Gasteiger charge is 2.19. The van der Waals surface area contributed by atoms with E-state index in [-0.39, 0.29) is 5.41 Å². The van der Waals surface area contributed by atoms with Crippen molar-refractivity contribution in [3.8, 4) is 0 Å². The van der Waals surface area contributed by atoms with E-state index in [1.54, 1.807) is 0 Å². The van der Waals surface area contributed by atoms with Crippen LogP contribution >= 0.6 is 0 Å². The molecule has 1 rings (SSSR count). The van der Waals surface area contributed by atoms with Gasteiger partial charge in [0.05, 0.1) is 0 Å². The molecule has 0 N–H and O–H groups in total. The van der Waals surface area contributed by atoms with Gasteiger partial charge in [-0.25, -0.2) is 0 Å². The van der Waals surface area contributed by atoms with Gasteiger partial charge in [-0.05, 0) is 23.0 Å². The standard InChI is InChI=1S/C26H44/c1-5-7-8-9-10-11-12-13-14-15-16-17-18-23-26(3,4)25-21-19-24(6-2)20-22-25/h6,19-22H,2,5,7-18,23H2,1,3-4H3. The molecule has 1 aromatic carbocycles. The summed E-state index contributed by atoms with van der Waals surface area (Å²) in [6.45, 7) is 10.9. The molecule has 1 aromatic rings. The lowest BCUT2D eigenvalue weighted by Crippen LogP contribution is -2.16. The molecular weight excluding hydrogens is 312 g/mol. The predicted molar refractivity (Wildman–Crippen MR) is 120 cm³/mol. The van der Waals surface area contributed by atoms with Gasteiger partial charge in [0.25, 0.3) is 0 Å². The van der Waals surface area contributed by atoms with Crippen LogP contribution in [0.4, 0.5) is 0 Å². The average molecular weight is 357 g/mol. The van der Waals surface area contributed by atoms with Crippen molar-refractivity contribution >= 4 is 6.08 Å². The Morgan fingerprint density at radius 2 is 1.12 bits per heavy atom. The number of hydrogen-bond acceptors (Lipinski definition) is 0. The maximum Gasteiger partial charge on any atom is -0.0104 e. The minimum Gasteiger partial charge on any atom is -0.0985 e. The Kier molecular flexibility index (Phi) is 12.4. The van der Waals surface area contributed by atoms with Crippen molar-refractivity contribution in [2.24, 2.45) is 0 Å². The second-order valence-electron chi connectivity index (χ2n) is 8.70. The normalized spacial score (nSPS) is 11.7. The Labute approximate surface area is 164 Å². The number of hydrogen-bond donors (Lipinski definition) is 0. The predicted octanol–water partition coefficient (Wildman–Crippen LogP) is 9.09. The second kappa shape index (κ2) is 14.1. The maximum atomic E-state index is 3.84. The van der Waals surface area contributed by atoms with Crippen LogP contribution in [0.2, 0.25) is 0 Å². The molecule has 0 aliphatic rings. The third-order valence-electron chi connectivity index (χ3n) is 5.83. The summed E-state index contributed by atoms with van der Waals surface area (Å²) in [6, 6.07) is 8.93. The molecule has 0 radical (unpaired) electrons. The van der Waals surface area contributed by atoms with E-state index in [0.29, 0.717) is 0 Å². The van der Waals surface area contributed by atoms with Gasteiger partial charge in [-0.15, -0.1) is 0 Å². The highest BCUT2D eigenvalue weighted by molar-refractivity contribution is 5.47. The highest BCUT2D eigenvalue weighted by atomic mass is 14.2. The topological polar surface area (TPSA) is 0 Å². The van der Waals surface area contributed by atoms with Crippen LogP contribution in [0.1, 0.15) is 122 Å². The molecule has 0 amide bonds. The first-order chi connectivity index (χ1) is 12.6. The number of rotatable bonds is 16. The maximum absolute atomic E-state index is 3.84. The van der Waals surface area contributed by atoms with Gasteiger partial charge in [-0.1, -0.05) is 141 Å². The molecule has 0 aliphatic carbocycles. The zero-order valence-corrected chi connectivity index (χ0v) is 18.0. The molecule has 0 fully saturated rings. The highest BCUT2D eigenvalue weighted by Crippen LogP contribution is 2.29. The lowest BCUT2D eigenvalue weighted by atomic mass is 9.79. The summed E-state index contributed by atoms with van der Waals surface area (Å²) in [7, 11) is 0. The van der Waals surface area contributed by atoms with E-state index in [1.807, 2.05) is 6.08 Å². The molecule has 0 saturated heterocycles. The SMILES string of the molecule is C=Cc1ccc(C(C)(C)CCCCCCCCCCCCCCC)cc1. The van der Waals surface area contributed by atoms with Gasteiger partial charge in [-0.2, -0.15) is 0 Å². The molecular formula is C26H44. The Morgan fingerprint density at radius 3 is 1.54 bits per heavy atom. The molecule has 148 valence electrons. The van der Waals surface area contributed by atoms with E-state index in [9.17, 15) is 0 Å². The van der Waals surface area contributed by atoms with Crippen molar-refractivity contribution in [3.63, 3.8) is 0 Å². The molecule has 0 spiro atoms. The zero-order valence-electron chi connectivity index (χ0n) is 18.0. The van der Waals surface area contributed by atoms with Gasteiger partial charge >= 0.3 is 0 Å². The first-order valence-corrected chi connectivity index (χ1v) is 11.3. The summed E-state index contributed by atoms with van der Waals surface area (Å²) in [5.41, 5.74) is 2.96. The molecule has 0 bridgehead atoms. The van der Waals surface area contributed by atoms with E-state index in [2.05, 4.69) is 51.6 Å². The van der Waals surface area contributed by atoms with Crippen LogP contribution in [0, 0.1) is 0 Å². The quantitative estimate of drug-likeness (QED) is 0.259. The van der Waals surface area contributed by atoms with E-state index >= 15 is 0 Å². The molecule has 0 aliphatic heterocycles. The van der Waals surface area contributed by atoms with Gasteiger partial charge < -0.3 is 0 Å². The van der Waals surface area contributed by atoms with Gasteiger partial charge in [0.1, 0.15) is 0 Å². The van der Waals surface area contributed by atoms with Crippen molar-refractivity contribution in [2.45, 2.75) is 116 Å². The largest absolute Gasteiger partial charge is 0.0985 e. The van der Waals surface area contributed by atoms with Gasteiger partial charge in [-0.3, -0.25) is 0 Å². The van der Waals surface area contributed by atoms with Crippen molar-refractivity contribution in [3.05, 3.63) is 42.0 Å². The lowest BCUT2D eigenvalue weighted by Gasteiger charge is -2.25. The third kappa shape index (κ3) is 10.2. The fourth-order valence-electron chi connectivity index (χ4n) is 3.80.